The molecule has 0 radical (unpaired) electrons. The first-order valence-corrected chi connectivity index (χ1v) is 4.73. The zero-order valence-corrected chi connectivity index (χ0v) is 8.16. The number of aromatic hydroxyl groups is 1. The van der Waals surface area contributed by atoms with Gasteiger partial charge in [-0.25, -0.2) is 0 Å². The number of aliphatic hydroxyl groups is 1. The molecule has 1 aromatic rings. The van der Waals surface area contributed by atoms with Crippen LogP contribution < -0.4 is 0 Å². The maximum Gasteiger partial charge on any atom is 0.118 e. The summed E-state index contributed by atoms with van der Waals surface area (Å²) in [6.45, 7) is 2.60. The number of benzene rings is 1. The monoisotopic (exact) mass is 194 g/mol. The Hall–Kier alpha value is -1.06. The number of hydrogen-bond acceptors (Lipinski definition) is 3. The van der Waals surface area contributed by atoms with Gasteiger partial charge in [0, 0.05) is 6.42 Å². The van der Waals surface area contributed by atoms with Crippen molar-refractivity contribution in [2.45, 2.75) is 18.9 Å². The van der Waals surface area contributed by atoms with Gasteiger partial charge in [-0.3, -0.25) is 0 Å². The van der Waals surface area contributed by atoms with Crippen molar-refractivity contribution >= 4 is 0 Å². The average Bonchev–Trinajstić information content (AvgIpc) is 2.07. The molecule has 2 rings (SSSR count). The maximum atomic E-state index is 9.30. The smallest absolute Gasteiger partial charge is 0.118 e. The van der Waals surface area contributed by atoms with E-state index < -0.39 is 5.60 Å². The molecule has 1 atom stereocenters. The van der Waals surface area contributed by atoms with Crippen LogP contribution in [-0.2, 0) is 10.3 Å². The molecule has 1 aliphatic rings. The van der Waals surface area contributed by atoms with Gasteiger partial charge in [0.15, 0.2) is 0 Å². The minimum atomic E-state index is -0.516. The van der Waals surface area contributed by atoms with Gasteiger partial charge in [-0.05, 0) is 30.2 Å². The minimum Gasteiger partial charge on any atom is -0.508 e. The van der Waals surface area contributed by atoms with Crippen LogP contribution in [0, 0.1) is 6.92 Å². The van der Waals surface area contributed by atoms with Gasteiger partial charge in [-0.2, -0.15) is 0 Å². The van der Waals surface area contributed by atoms with E-state index in [-0.39, 0.29) is 12.4 Å². The Bertz CT molecular complexity index is 337. The lowest BCUT2D eigenvalue weighted by Gasteiger charge is -2.41. The summed E-state index contributed by atoms with van der Waals surface area (Å²) in [5, 5.41) is 18.6. The first-order valence-electron chi connectivity index (χ1n) is 4.73. The fourth-order valence-corrected chi connectivity index (χ4v) is 1.93. The normalized spacial score (nSPS) is 25.9. The lowest BCUT2D eigenvalue weighted by atomic mass is 9.84. The molecule has 1 aromatic carbocycles. The topological polar surface area (TPSA) is 49.7 Å². The third kappa shape index (κ3) is 1.29. The molecule has 0 aromatic heterocycles. The van der Waals surface area contributed by atoms with Gasteiger partial charge in [-0.15, -0.1) is 0 Å². The molecule has 1 aliphatic heterocycles. The highest BCUT2D eigenvalue weighted by Gasteiger charge is 2.40. The number of aliphatic hydroxyl groups excluding tert-OH is 1. The van der Waals surface area contributed by atoms with Crippen molar-refractivity contribution in [3.8, 4) is 5.75 Å². The van der Waals surface area contributed by atoms with Crippen molar-refractivity contribution in [3.63, 3.8) is 0 Å². The SMILES string of the molecule is Cc1cc(O)ccc1C1(CO)CCO1. The van der Waals surface area contributed by atoms with Gasteiger partial charge < -0.3 is 14.9 Å². The molecule has 1 saturated heterocycles. The van der Waals surface area contributed by atoms with Crippen LogP contribution in [0.15, 0.2) is 18.2 Å². The van der Waals surface area contributed by atoms with E-state index >= 15 is 0 Å². The molecule has 1 fully saturated rings. The number of rotatable bonds is 2. The Morgan fingerprint density at radius 3 is 2.64 bits per heavy atom. The Kier molecular flexibility index (Phi) is 2.21. The zero-order chi connectivity index (χ0) is 10.2. The molecule has 1 heterocycles. The number of aryl methyl sites for hydroxylation is 1. The lowest BCUT2D eigenvalue weighted by Crippen LogP contribution is -2.44. The van der Waals surface area contributed by atoms with Crippen molar-refractivity contribution in [1.82, 2.24) is 0 Å². The number of ether oxygens (including phenoxy) is 1. The van der Waals surface area contributed by atoms with Crippen LogP contribution in [0.25, 0.3) is 0 Å². The van der Waals surface area contributed by atoms with E-state index in [1.165, 1.54) is 0 Å². The van der Waals surface area contributed by atoms with Gasteiger partial charge in [-0.1, -0.05) is 6.07 Å². The highest BCUT2D eigenvalue weighted by Crippen LogP contribution is 2.39. The van der Waals surface area contributed by atoms with Gasteiger partial charge in [0.05, 0.1) is 13.2 Å². The Morgan fingerprint density at radius 1 is 1.50 bits per heavy atom. The first-order chi connectivity index (χ1) is 6.68. The Labute approximate surface area is 83.0 Å². The fourth-order valence-electron chi connectivity index (χ4n) is 1.93. The summed E-state index contributed by atoms with van der Waals surface area (Å²) in [7, 11) is 0. The molecule has 76 valence electrons. The molecule has 0 aliphatic carbocycles. The fraction of sp³-hybridized carbons (Fsp3) is 0.455. The van der Waals surface area contributed by atoms with Crippen molar-refractivity contribution in [3.05, 3.63) is 29.3 Å². The summed E-state index contributed by atoms with van der Waals surface area (Å²) < 4.78 is 5.44. The van der Waals surface area contributed by atoms with Gasteiger partial charge in [0.1, 0.15) is 11.4 Å². The quantitative estimate of drug-likeness (QED) is 0.746. The van der Waals surface area contributed by atoms with Crippen LogP contribution in [0.1, 0.15) is 17.5 Å². The third-order valence-corrected chi connectivity index (χ3v) is 2.84. The van der Waals surface area contributed by atoms with Crippen molar-refractivity contribution in [2.75, 3.05) is 13.2 Å². The molecule has 14 heavy (non-hydrogen) atoms. The Morgan fingerprint density at radius 2 is 2.21 bits per heavy atom. The second-order valence-electron chi connectivity index (χ2n) is 3.75. The summed E-state index contributed by atoms with van der Waals surface area (Å²) in [6, 6.07) is 5.13. The van der Waals surface area contributed by atoms with E-state index in [4.69, 9.17) is 4.74 Å². The average molecular weight is 194 g/mol. The predicted octanol–water partition coefficient (Wildman–Crippen LogP) is 1.31. The van der Waals surface area contributed by atoms with Crippen molar-refractivity contribution in [1.29, 1.82) is 0 Å². The molecule has 0 spiro atoms. The van der Waals surface area contributed by atoms with Crippen LogP contribution in [0.3, 0.4) is 0 Å². The summed E-state index contributed by atoms with van der Waals surface area (Å²) in [6.07, 6.45) is 0.842. The van der Waals surface area contributed by atoms with Gasteiger partial charge in [0.2, 0.25) is 0 Å². The van der Waals surface area contributed by atoms with E-state index in [1.807, 2.05) is 13.0 Å². The molecule has 0 amide bonds. The summed E-state index contributed by atoms with van der Waals surface area (Å²) in [5.41, 5.74) is 1.42. The summed E-state index contributed by atoms with van der Waals surface area (Å²) in [5.74, 6) is 0.249. The van der Waals surface area contributed by atoms with Crippen molar-refractivity contribution < 1.29 is 14.9 Å². The third-order valence-electron chi connectivity index (χ3n) is 2.84. The number of hydrogen-bond donors (Lipinski definition) is 2. The zero-order valence-electron chi connectivity index (χ0n) is 8.16. The second-order valence-corrected chi connectivity index (χ2v) is 3.75. The van der Waals surface area contributed by atoms with Crippen LogP contribution in [0.4, 0.5) is 0 Å². The highest BCUT2D eigenvalue weighted by atomic mass is 16.5. The van der Waals surface area contributed by atoms with Crippen molar-refractivity contribution in [2.24, 2.45) is 0 Å². The first kappa shape index (κ1) is 9.49. The molecule has 3 heteroatoms. The predicted molar refractivity (Wildman–Crippen MR) is 52.2 cm³/mol. The second kappa shape index (κ2) is 3.26. The minimum absolute atomic E-state index is 0.00137. The molecule has 3 nitrogen and oxygen atoms in total. The van der Waals surface area contributed by atoms with Crippen LogP contribution >= 0.6 is 0 Å². The standard InChI is InChI=1S/C11H14O3/c1-8-6-9(13)2-3-10(8)11(7-12)4-5-14-11/h2-3,6,12-13H,4-5,7H2,1H3. The molecule has 0 saturated carbocycles. The number of phenolic OH excluding ortho intramolecular Hbond substituents is 1. The summed E-state index contributed by atoms with van der Waals surface area (Å²) >= 11 is 0. The maximum absolute atomic E-state index is 9.30. The number of phenols is 1. The molecule has 2 N–H and O–H groups in total. The van der Waals surface area contributed by atoms with E-state index in [0.717, 1.165) is 17.5 Å². The van der Waals surface area contributed by atoms with E-state index in [2.05, 4.69) is 0 Å². The Balaban J connectivity index is 2.40. The molecular formula is C11H14O3. The molecule has 0 bridgehead atoms. The van der Waals surface area contributed by atoms with Crippen LogP contribution in [-0.4, -0.2) is 23.4 Å². The van der Waals surface area contributed by atoms with E-state index in [9.17, 15) is 10.2 Å². The van der Waals surface area contributed by atoms with Gasteiger partial charge >= 0.3 is 0 Å². The van der Waals surface area contributed by atoms with Crippen LogP contribution in [0.2, 0.25) is 0 Å². The van der Waals surface area contributed by atoms with E-state index in [0.29, 0.717) is 6.61 Å². The largest absolute Gasteiger partial charge is 0.508 e. The van der Waals surface area contributed by atoms with Crippen LogP contribution in [0.5, 0.6) is 5.75 Å². The lowest BCUT2D eigenvalue weighted by molar-refractivity contribution is -0.177. The highest BCUT2D eigenvalue weighted by molar-refractivity contribution is 5.38. The van der Waals surface area contributed by atoms with Gasteiger partial charge in [0.25, 0.3) is 0 Å². The molecular weight excluding hydrogens is 180 g/mol. The molecule has 1 unspecified atom stereocenters. The summed E-state index contributed by atoms with van der Waals surface area (Å²) in [4.78, 5) is 0. The van der Waals surface area contributed by atoms with E-state index in [1.54, 1.807) is 12.1 Å².